The second-order valence-electron chi connectivity index (χ2n) is 1.88. The van der Waals surface area contributed by atoms with E-state index in [0.29, 0.717) is 11.4 Å². The molecule has 0 saturated heterocycles. The van der Waals surface area contributed by atoms with E-state index in [1.807, 2.05) is 6.07 Å². The van der Waals surface area contributed by atoms with Crippen LogP contribution in [-0.4, -0.2) is 19.3 Å². The zero-order chi connectivity index (χ0) is 9.56. The third kappa shape index (κ3) is 6.08. The largest absolute Gasteiger partial charge is 0.699 e. The molecular weight excluding hydrogens is 406 g/mol. The molecule has 0 radical (unpaired) electrons. The van der Waals surface area contributed by atoms with Crippen LogP contribution in [0.1, 0.15) is 0 Å². The van der Waals surface area contributed by atoms with E-state index >= 15 is 0 Å². The van der Waals surface area contributed by atoms with Gasteiger partial charge in [0.1, 0.15) is 5.75 Å². The summed E-state index contributed by atoms with van der Waals surface area (Å²) in [5.41, 5.74) is 7.72. The van der Waals surface area contributed by atoms with Gasteiger partial charge in [0.15, 0.2) is 0 Å². The molecule has 0 atom stereocenters. The van der Waals surface area contributed by atoms with Crippen LogP contribution >= 0.6 is 15.9 Å². The molecule has 0 amide bonds. The Morgan fingerprint density at radius 2 is 1.85 bits per heavy atom. The van der Waals surface area contributed by atoms with Gasteiger partial charge in [0.2, 0.25) is 0 Å². The minimum Gasteiger partial charge on any atom is -0.699 e. The van der Waals surface area contributed by atoms with Crippen LogP contribution in [0, 0.1) is 0 Å². The maximum absolute atomic E-state index is 7.27. The molecule has 1 aromatic rings. The quantitative estimate of drug-likeness (QED) is 0.765. The molecule has 0 unspecified atom stereocenters. The van der Waals surface area contributed by atoms with Crippen LogP contribution < -0.4 is 4.74 Å². The van der Waals surface area contributed by atoms with Crippen LogP contribution in [-0.2, 0) is 21.1 Å². The van der Waals surface area contributed by atoms with Gasteiger partial charge < -0.3 is 15.6 Å². The molecule has 0 aliphatic heterocycles. The first-order chi connectivity index (χ1) is 5.72. The minimum absolute atomic E-state index is 0. The van der Waals surface area contributed by atoms with Crippen LogP contribution in [0.2, 0.25) is 0 Å². The molecule has 1 rings (SSSR count). The normalized spacial score (nSPS) is 7.69. The summed E-state index contributed by atoms with van der Waals surface area (Å²) in [6, 6.07) is 5.19. The second-order valence-corrected chi connectivity index (χ2v) is 2.80. The SMILES string of the molecule is CO.COc1cc([NH-])cc(Br)c1.[W]. The van der Waals surface area contributed by atoms with Crippen molar-refractivity contribution in [3.8, 4) is 5.75 Å². The smallest absolute Gasteiger partial charge is 0.118 e. The second kappa shape index (κ2) is 8.54. The van der Waals surface area contributed by atoms with Crippen LogP contribution in [0.15, 0.2) is 22.7 Å². The topological polar surface area (TPSA) is 53.3 Å². The van der Waals surface area contributed by atoms with Gasteiger partial charge in [0.25, 0.3) is 0 Å². The molecule has 13 heavy (non-hydrogen) atoms. The van der Waals surface area contributed by atoms with Crippen molar-refractivity contribution in [1.82, 2.24) is 0 Å². The summed E-state index contributed by atoms with van der Waals surface area (Å²) in [6.45, 7) is 0. The number of ether oxygens (including phenoxy) is 1. The first-order valence-corrected chi connectivity index (χ1v) is 4.02. The number of hydrogen-bond acceptors (Lipinski definition) is 2. The fraction of sp³-hybridized carbons (Fsp3) is 0.250. The molecule has 5 heteroatoms. The van der Waals surface area contributed by atoms with Gasteiger partial charge in [-0.05, 0) is 12.1 Å². The van der Waals surface area contributed by atoms with Gasteiger partial charge in [-0.2, -0.15) is 0 Å². The third-order valence-corrected chi connectivity index (χ3v) is 1.56. The van der Waals surface area contributed by atoms with E-state index in [-0.39, 0.29) is 21.1 Å². The summed E-state index contributed by atoms with van der Waals surface area (Å²) in [4.78, 5) is 0. The molecule has 0 heterocycles. The molecule has 0 aliphatic carbocycles. The number of aliphatic hydroxyl groups excluding tert-OH is 1. The first kappa shape index (κ1) is 15.4. The zero-order valence-corrected chi connectivity index (χ0v) is 11.9. The predicted octanol–water partition coefficient (Wildman–Crippen LogP) is 2.75. The van der Waals surface area contributed by atoms with E-state index in [4.69, 9.17) is 15.6 Å². The van der Waals surface area contributed by atoms with Gasteiger partial charge in [-0.25, -0.2) is 0 Å². The number of hydrogen-bond donors (Lipinski definition) is 1. The molecule has 0 spiro atoms. The van der Waals surface area contributed by atoms with Crippen LogP contribution in [0.5, 0.6) is 5.75 Å². The van der Waals surface area contributed by atoms with Crippen molar-refractivity contribution in [1.29, 1.82) is 0 Å². The molecule has 2 N–H and O–H groups in total. The number of methoxy groups -OCH3 is 1. The number of halogens is 1. The van der Waals surface area contributed by atoms with Gasteiger partial charge in [-0.1, -0.05) is 22.0 Å². The molecule has 1 aromatic carbocycles. The summed E-state index contributed by atoms with van der Waals surface area (Å²) < 4.78 is 5.80. The Balaban J connectivity index is 0. The molecule has 74 valence electrons. The van der Waals surface area contributed by atoms with Crippen molar-refractivity contribution in [3.05, 3.63) is 28.4 Å². The monoisotopic (exact) mass is 416 g/mol. The third-order valence-electron chi connectivity index (χ3n) is 1.11. The van der Waals surface area contributed by atoms with Crippen molar-refractivity contribution in [2.75, 3.05) is 14.2 Å². The van der Waals surface area contributed by atoms with Gasteiger partial charge in [0, 0.05) is 32.6 Å². The molecule has 0 aromatic heterocycles. The molecule has 0 aliphatic rings. The Morgan fingerprint density at radius 3 is 2.23 bits per heavy atom. The van der Waals surface area contributed by atoms with E-state index in [0.717, 1.165) is 11.6 Å². The van der Waals surface area contributed by atoms with Crippen molar-refractivity contribution in [3.63, 3.8) is 0 Å². The first-order valence-electron chi connectivity index (χ1n) is 3.23. The fourth-order valence-corrected chi connectivity index (χ4v) is 1.15. The van der Waals surface area contributed by atoms with Crippen molar-refractivity contribution < 1.29 is 30.9 Å². The van der Waals surface area contributed by atoms with Gasteiger partial charge in [-0.15, -0.1) is 5.69 Å². The number of aliphatic hydroxyl groups is 1. The summed E-state index contributed by atoms with van der Waals surface area (Å²) in [7, 11) is 2.58. The Morgan fingerprint density at radius 1 is 1.31 bits per heavy atom. The van der Waals surface area contributed by atoms with Crippen LogP contribution in [0.25, 0.3) is 5.73 Å². The summed E-state index contributed by atoms with van der Waals surface area (Å²) in [5, 5.41) is 7.00. The van der Waals surface area contributed by atoms with Gasteiger partial charge in [0.05, 0.1) is 7.11 Å². The van der Waals surface area contributed by atoms with E-state index in [2.05, 4.69) is 15.9 Å². The Hall–Kier alpha value is -0.0517. The van der Waals surface area contributed by atoms with Gasteiger partial charge >= 0.3 is 0 Å². The number of benzene rings is 1. The fourth-order valence-electron chi connectivity index (χ4n) is 0.681. The van der Waals surface area contributed by atoms with Gasteiger partial charge in [-0.3, -0.25) is 0 Å². The minimum atomic E-state index is 0. The Labute approximate surface area is 101 Å². The van der Waals surface area contributed by atoms with Crippen LogP contribution in [0.3, 0.4) is 0 Å². The predicted molar refractivity (Wildman–Crippen MR) is 52.8 cm³/mol. The number of nitrogens with one attached hydrogen (secondary N) is 1. The van der Waals surface area contributed by atoms with Crippen molar-refractivity contribution >= 4 is 21.6 Å². The molecule has 0 saturated carbocycles. The zero-order valence-electron chi connectivity index (χ0n) is 7.37. The van der Waals surface area contributed by atoms with E-state index in [9.17, 15) is 0 Å². The summed E-state index contributed by atoms with van der Waals surface area (Å²) in [6.07, 6.45) is 0. The molecule has 3 nitrogen and oxygen atoms in total. The van der Waals surface area contributed by atoms with Crippen molar-refractivity contribution in [2.24, 2.45) is 0 Å². The van der Waals surface area contributed by atoms with E-state index in [1.165, 1.54) is 0 Å². The number of rotatable bonds is 1. The average molecular weight is 417 g/mol. The standard InChI is InChI=1S/C7H7BrNO.CH4O.W/c1-10-7-3-5(8)2-6(9)4-7;1-2;/h2-4,9H,1H3;2H,1H3;/q-1;;. The average Bonchev–Trinajstić information content (AvgIpc) is 2.06. The maximum Gasteiger partial charge on any atom is 0.118 e. The van der Waals surface area contributed by atoms with Crippen LogP contribution in [0.4, 0.5) is 5.69 Å². The summed E-state index contributed by atoms with van der Waals surface area (Å²) >= 11 is 3.25. The summed E-state index contributed by atoms with van der Waals surface area (Å²) in [5.74, 6) is 0.708. The van der Waals surface area contributed by atoms with Crippen molar-refractivity contribution in [2.45, 2.75) is 0 Å². The Kier molecular flexibility index (Phi) is 10.1. The van der Waals surface area contributed by atoms with E-state index in [1.54, 1.807) is 19.2 Å². The maximum atomic E-state index is 7.27. The molecule has 0 fully saturated rings. The Bertz CT molecular complexity index is 225. The molecule has 0 bridgehead atoms. The van der Waals surface area contributed by atoms with E-state index < -0.39 is 0 Å². The molecular formula is C8H11BrNO2W-.